The predicted octanol–water partition coefficient (Wildman–Crippen LogP) is 0.399. The highest BCUT2D eigenvalue weighted by Crippen LogP contribution is 2.24. The van der Waals surface area contributed by atoms with Crippen molar-refractivity contribution in [1.82, 2.24) is 19.5 Å². The van der Waals surface area contributed by atoms with Crippen LogP contribution in [0.3, 0.4) is 0 Å². The number of amides is 2. The van der Waals surface area contributed by atoms with Gasteiger partial charge in [-0.3, -0.25) is 19.4 Å². The minimum absolute atomic E-state index is 0.111. The van der Waals surface area contributed by atoms with E-state index in [2.05, 4.69) is 10.3 Å². The van der Waals surface area contributed by atoms with Crippen molar-refractivity contribution < 1.29 is 27.5 Å². The van der Waals surface area contributed by atoms with Gasteiger partial charge in [0.15, 0.2) is 6.61 Å². The largest absolute Gasteiger partial charge is 0.455 e. The molecule has 11 heteroatoms. The number of hydrogen-bond donors (Lipinski definition) is 1. The van der Waals surface area contributed by atoms with Gasteiger partial charge in [-0.05, 0) is 45.7 Å². The molecule has 1 aliphatic heterocycles. The van der Waals surface area contributed by atoms with Gasteiger partial charge in [-0.25, -0.2) is 8.42 Å². The molecule has 2 rings (SSSR count). The zero-order valence-corrected chi connectivity index (χ0v) is 19.1. The summed E-state index contributed by atoms with van der Waals surface area (Å²) in [5.74, 6) is -1.83. The third-order valence-electron chi connectivity index (χ3n) is 4.72. The van der Waals surface area contributed by atoms with Crippen molar-refractivity contribution in [3.8, 4) is 0 Å². The molecule has 0 aliphatic carbocycles. The van der Waals surface area contributed by atoms with Gasteiger partial charge in [0.25, 0.3) is 5.91 Å². The lowest BCUT2D eigenvalue weighted by Gasteiger charge is -2.30. The Bertz CT molecular complexity index is 890. The number of likely N-dealkylation sites (N-methyl/N-ethyl adjacent to an activating group) is 1. The number of sulfonamides is 1. The maximum atomic E-state index is 12.6. The first-order chi connectivity index (χ1) is 14.4. The van der Waals surface area contributed by atoms with Crippen LogP contribution in [-0.2, 0) is 29.1 Å². The van der Waals surface area contributed by atoms with Crippen LogP contribution in [-0.4, -0.2) is 79.2 Å². The zero-order chi connectivity index (χ0) is 23.2. The summed E-state index contributed by atoms with van der Waals surface area (Å²) >= 11 is 0. The maximum Gasteiger partial charge on any atom is 0.309 e. The molecule has 2 heterocycles. The average molecular weight is 455 g/mol. The quantitative estimate of drug-likeness (QED) is 0.591. The van der Waals surface area contributed by atoms with E-state index in [0.29, 0.717) is 12.8 Å². The minimum atomic E-state index is -3.65. The smallest absolute Gasteiger partial charge is 0.309 e. The van der Waals surface area contributed by atoms with E-state index in [1.165, 1.54) is 34.7 Å². The number of hydrogen-bond acceptors (Lipinski definition) is 7. The molecular weight excluding hydrogens is 424 g/mol. The Morgan fingerprint density at radius 2 is 1.90 bits per heavy atom. The Kier molecular flexibility index (Phi) is 8.13. The monoisotopic (exact) mass is 454 g/mol. The number of aromatic nitrogens is 1. The summed E-state index contributed by atoms with van der Waals surface area (Å²) < 4.78 is 31.7. The Balaban J connectivity index is 1.79. The van der Waals surface area contributed by atoms with Crippen LogP contribution in [0.2, 0.25) is 0 Å². The van der Waals surface area contributed by atoms with Crippen molar-refractivity contribution in [3.05, 3.63) is 24.5 Å². The summed E-state index contributed by atoms with van der Waals surface area (Å²) in [4.78, 5) is 41.5. The highest BCUT2D eigenvalue weighted by atomic mass is 32.2. The fraction of sp³-hybridized carbons (Fsp3) is 0.600. The molecule has 1 fully saturated rings. The predicted molar refractivity (Wildman–Crippen MR) is 112 cm³/mol. The van der Waals surface area contributed by atoms with Crippen LogP contribution in [0.4, 0.5) is 0 Å². The first-order valence-corrected chi connectivity index (χ1v) is 11.5. The highest BCUT2D eigenvalue weighted by Gasteiger charge is 2.33. The summed E-state index contributed by atoms with van der Waals surface area (Å²) in [5, 5.41) is 2.75. The number of esters is 1. The third-order valence-corrected chi connectivity index (χ3v) is 6.60. The third kappa shape index (κ3) is 7.28. The van der Waals surface area contributed by atoms with Gasteiger partial charge in [0, 0.05) is 38.1 Å². The van der Waals surface area contributed by atoms with Crippen molar-refractivity contribution in [1.29, 1.82) is 0 Å². The molecule has 0 atom stereocenters. The molecule has 0 saturated carbocycles. The second-order valence-corrected chi connectivity index (χ2v) is 10.5. The van der Waals surface area contributed by atoms with Gasteiger partial charge in [-0.1, -0.05) is 0 Å². The number of rotatable bonds is 7. The van der Waals surface area contributed by atoms with Crippen LogP contribution in [0.25, 0.3) is 0 Å². The molecule has 1 N–H and O–H groups in total. The number of nitrogens with zero attached hydrogens (tertiary/aromatic N) is 3. The first kappa shape index (κ1) is 24.7. The highest BCUT2D eigenvalue weighted by molar-refractivity contribution is 7.89. The topological polar surface area (TPSA) is 126 Å². The Morgan fingerprint density at radius 1 is 1.26 bits per heavy atom. The molecule has 0 spiro atoms. The molecular formula is C20H30N4O6S. The summed E-state index contributed by atoms with van der Waals surface area (Å²) in [7, 11) is -2.19. The van der Waals surface area contributed by atoms with Crippen LogP contribution in [0.15, 0.2) is 29.4 Å². The van der Waals surface area contributed by atoms with E-state index < -0.39 is 40.0 Å². The van der Waals surface area contributed by atoms with Crippen LogP contribution >= 0.6 is 0 Å². The molecule has 1 saturated heterocycles. The number of pyridine rings is 1. The Labute approximate surface area is 183 Å². The molecule has 0 radical (unpaired) electrons. The van der Waals surface area contributed by atoms with E-state index in [9.17, 15) is 22.8 Å². The Hall–Kier alpha value is -2.53. The van der Waals surface area contributed by atoms with Gasteiger partial charge in [0.2, 0.25) is 15.9 Å². The first-order valence-electron chi connectivity index (χ1n) is 10.0. The number of carbonyl (C=O) groups is 3. The van der Waals surface area contributed by atoms with Gasteiger partial charge < -0.3 is 15.0 Å². The molecule has 1 aliphatic rings. The Morgan fingerprint density at radius 3 is 2.45 bits per heavy atom. The van der Waals surface area contributed by atoms with E-state index in [1.54, 1.807) is 6.07 Å². The number of ether oxygens (including phenoxy) is 1. The normalized spacial score (nSPS) is 15.9. The van der Waals surface area contributed by atoms with Crippen molar-refractivity contribution in [3.63, 3.8) is 0 Å². The summed E-state index contributed by atoms with van der Waals surface area (Å²) in [5.41, 5.74) is -0.410. The second-order valence-electron chi connectivity index (χ2n) is 8.52. The summed E-state index contributed by atoms with van der Waals surface area (Å²) in [6.45, 7) is 5.26. The summed E-state index contributed by atoms with van der Waals surface area (Å²) in [6, 6.07) is 3.03. The van der Waals surface area contributed by atoms with Crippen molar-refractivity contribution in [2.75, 3.05) is 33.3 Å². The lowest BCUT2D eigenvalue weighted by Crippen LogP contribution is -2.47. The van der Waals surface area contributed by atoms with Gasteiger partial charge in [-0.2, -0.15) is 4.31 Å². The molecule has 0 aromatic carbocycles. The van der Waals surface area contributed by atoms with E-state index in [-0.39, 0.29) is 30.4 Å². The van der Waals surface area contributed by atoms with E-state index >= 15 is 0 Å². The number of piperidine rings is 1. The SMILES string of the molecule is CN(CC(=O)NC(C)(C)C)C(=O)COC(=O)C1CCN(S(=O)(=O)c2cccnc2)CC1. The van der Waals surface area contributed by atoms with Crippen LogP contribution in [0.5, 0.6) is 0 Å². The van der Waals surface area contributed by atoms with E-state index in [0.717, 1.165) is 0 Å². The summed E-state index contributed by atoms with van der Waals surface area (Å²) in [6.07, 6.45) is 3.39. The standard InChI is InChI=1S/C20H30N4O6S/c1-20(2,3)22-17(25)13-23(4)18(26)14-30-19(27)15-7-10-24(11-8-15)31(28,29)16-6-5-9-21-12-16/h5-6,9,12,15H,7-8,10-11,13-14H2,1-4H3,(H,22,25). The number of nitrogens with one attached hydrogen (secondary N) is 1. The minimum Gasteiger partial charge on any atom is -0.455 e. The lowest BCUT2D eigenvalue weighted by atomic mass is 9.98. The van der Waals surface area contributed by atoms with Crippen LogP contribution in [0, 0.1) is 5.92 Å². The molecule has 172 valence electrons. The maximum absolute atomic E-state index is 12.6. The fourth-order valence-electron chi connectivity index (χ4n) is 3.10. The molecule has 1 aromatic heterocycles. The molecule has 10 nitrogen and oxygen atoms in total. The van der Waals surface area contributed by atoms with Crippen molar-refractivity contribution in [2.45, 2.75) is 44.0 Å². The molecule has 2 amide bonds. The van der Waals surface area contributed by atoms with Gasteiger partial charge >= 0.3 is 5.97 Å². The van der Waals surface area contributed by atoms with Gasteiger partial charge in [0.05, 0.1) is 12.5 Å². The zero-order valence-electron chi connectivity index (χ0n) is 18.3. The number of carbonyl (C=O) groups excluding carboxylic acids is 3. The average Bonchev–Trinajstić information content (AvgIpc) is 2.71. The molecule has 0 unspecified atom stereocenters. The van der Waals surface area contributed by atoms with Gasteiger partial charge in [0.1, 0.15) is 4.90 Å². The molecule has 31 heavy (non-hydrogen) atoms. The van der Waals surface area contributed by atoms with Crippen molar-refractivity contribution in [2.24, 2.45) is 5.92 Å². The van der Waals surface area contributed by atoms with Gasteiger partial charge in [-0.15, -0.1) is 0 Å². The molecule has 0 bridgehead atoms. The fourth-order valence-corrected chi connectivity index (χ4v) is 4.54. The van der Waals surface area contributed by atoms with Crippen LogP contribution in [0.1, 0.15) is 33.6 Å². The van der Waals surface area contributed by atoms with Crippen molar-refractivity contribution >= 4 is 27.8 Å². The van der Waals surface area contributed by atoms with E-state index in [1.807, 2.05) is 20.8 Å². The molecule has 1 aromatic rings. The lowest BCUT2D eigenvalue weighted by molar-refractivity contribution is -0.156. The second kappa shape index (κ2) is 10.2. The van der Waals surface area contributed by atoms with Crippen LogP contribution < -0.4 is 5.32 Å². The van der Waals surface area contributed by atoms with E-state index in [4.69, 9.17) is 4.74 Å².